The molecule has 0 heterocycles. The van der Waals surface area contributed by atoms with Crippen molar-refractivity contribution >= 4 is 23.9 Å². The number of imide groups is 1. The molecule has 5 nitrogen and oxygen atoms in total. The molecule has 1 unspecified atom stereocenters. The van der Waals surface area contributed by atoms with Gasteiger partial charge in [0.1, 0.15) is 6.29 Å². The van der Waals surface area contributed by atoms with E-state index in [0.717, 1.165) is 4.90 Å². The molecular formula is C13H16N2O3. The van der Waals surface area contributed by atoms with E-state index < -0.39 is 12.1 Å². The number of hydrogen-bond donors (Lipinski definition) is 1. The highest BCUT2D eigenvalue weighted by Crippen LogP contribution is 2.14. The molecule has 0 radical (unpaired) electrons. The highest BCUT2D eigenvalue weighted by atomic mass is 16.2. The van der Waals surface area contributed by atoms with E-state index in [0.29, 0.717) is 12.0 Å². The molecule has 3 amide bonds. The predicted octanol–water partition coefficient (Wildman–Crippen LogP) is 1.73. The highest BCUT2D eigenvalue weighted by molar-refractivity contribution is 6.14. The van der Waals surface area contributed by atoms with Crippen molar-refractivity contribution in [3.05, 3.63) is 30.3 Å². The third kappa shape index (κ3) is 3.41. The quantitative estimate of drug-likeness (QED) is 0.825. The Morgan fingerprint density at radius 2 is 1.94 bits per heavy atom. The van der Waals surface area contributed by atoms with Crippen LogP contribution in [0, 0.1) is 0 Å². The Balaban J connectivity index is 2.96. The first kappa shape index (κ1) is 13.9. The first-order valence-electron chi connectivity index (χ1n) is 5.74. The summed E-state index contributed by atoms with van der Waals surface area (Å²) < 4.78 is 0. The molecule has 0 spiro atoms. The Kier molecular flexibility index (Phi) is 5.05. The molecular weight excluding hydrogens is 232 g/mol. The summed E-state index contributed by atoms with van der Waals surface area (Å²) in [6, 6.07) is 7.38. The van der Waals surface area contributed by atoms with Gasteiger partial charge in [0, 0.05) is 6.42 Å². The summed E-state index contributed by atoms with van der Waals surface area (Å²) in [5, 5.41) is 2.44. The van der Waals surface area contributed by atoms with Gasteiger partial charge in [-0.25, -0.2) is 9.69 Å². The fraction of sp³-hybridized carbons (Fsp3) is 0.308. The second-order valence-corrected chi connectivity index (χ2v) is 3.79. The van der Waals surface area contributed by atoms with Crippen molar-refractivity contribution in [1.82, 2.24) is 5.32 Å². The number of benzene rings is 1. The monoisotopic (exact) mass is 248 g/mol. The maximum Gasteiger partial charge on any atom is 0.329 e. The first-order chi connectivity index (χ1) is 8.60. The van der Waals surface area contributed by atoms with Crippen molar-refractivity contribution in [2.24, 2.45) is 0 Å². The van der Waals surface area contributed by atoms with E-state index in [1.54, 1.807) is 44.2 Å². The summed E-state index contributed by atoms with van der Waals surface area (Å²) >= 11 is 0. The van der Waals surface area contributed by atoms with E-state index in [1.165, 1.54) is 0 Å². The van der Waals surface area contributed by atoms with Gasteiger partial charge in [0.15, 0.2) is 0 Å². The highest BCUT2D eigenvalue weighted by Gasteiger charge is 2.22. The van der Waals surface area contributed by atoms with Crippen LogP contribution in [0.15, 0.2) is 30.3 Å². The van der Waals surface area contributed by atoms with E-state index in [4.69, 9.17) is 0 Å². The Morgan fingerprint density at radius 3 is 2.44 bits per heavy atom. The molecule has 5 heteroatoms. The summed E-state index contributed by atoms with van der Waals surface area (Å²) in [5.74, 6) is -0.322. The second-order valence-electron chi connectivity index (χ2n) is 3.79. The number of aldehydes is 1. The molecule has 0 bridgehead atoms. The molecule has 1 N–H and O–H groups in total. The molecule has 1 atom stereocenters. The summed E-state index contributed by atoms with van der Waals surface area (Å²) in [4.78, 5) is 35.3. The van der Waals surface area contributed by atoms with E-state index >= 15 is 0 Å². The minimum atomic E-state index is -0.631. The number of nitrogens with one attached hydrogen (secondary N) is 1. The standard InChI is InChI=1S/C13H16N2O3/c1-3-12(17)15(11-7-5-4-6-8-11)13(18)14-10(2)9-16/h4-10H,3H2,1-2H3,(H,14,18). The van der Waals surface area contributed by atoms with Crippen molar-refractivity contribution in [2.75, 3.05) is 4.90 Å². The van der Waals surface area contributed by atoms with Crippen molar-refractivity contribution < 1.29 is 14.4 Å². The summed E-state index contributed by atoms with van der Waals surface area (Å²) in [6.07, 6.45) is 0.815. The fourth-order valence-corrected chi connectivity index (χ4v) is 1.40. The largest absolute Gasteiger partial charge is 0.329 e. The zero-order valence-corrected chi connectivity index (χ0v) is 10.4. The SMILES string of the molecule is CCC(=O)N(C(=O)NC(C)C=O)c1ccccc1. The average molecular weight is 248 g/mol. The van der Waals surface area contributed by atoms with Gasteiger partial charge < -0.3 is 10.1 Å². The van der Waals surface area contributed by atoms with Crippen molar-refractivity contribution in [3.8, 4) is 0 Å². The lowest BCUT2D eigenvalue weighted by Gasteiger charge is -2.21. The number of urea groups is 1. The van der Waals surface area contributed by atoms with E-state index in [-0.39, 0.29) is 12.3 Å². The molecule has 18 heavy (non-hydrogen) atoms. The number of hydrogen-bond acceptors (Lipinski definition) is 3. The number of carbonyl (C=O) groups excluding carboxylic acids is 3. The van der Waals surface area contributed by atoms with Crippen LogP contribution >= 0.6 is 0 Å². The smallest absolute Gasteiger partial charge is 0.328 e. The lowest BCUT2D eigenvalue weighted by Crippen LogP contribution is -2.47. The average Bonchev–Trinajstić information content (AvgIpc) is 2.39. The molecule has 0 saturated heterocycles. The van der Waals surface area contributed by atoms with Crippen LogP contribution in [0.2, 0.25) is 0 Å². The van der Waals surface area contributed by atoms with Gasteiger partial charge in [0.2, 0.25) is 5.91 Å². The van der Waals surface area contributed by atoms with Gasteiger partial charge in [-0.3, -0.25) is 4.79 Å². The van der Waals surface area contributed by atoms with Crippen molar-refractivity contribution in [3.63, 3.8) is 0 Å². The number of amides is 3. The Morgan fingerprint density at radius 1 is 1.33 bits per heavy atom. The maximum absolute atomic E-state index is 11.9. The second kappa shape index (κ2) is 6.54. The van der Waals surface area contributed by atoms with Crippen LogP contribution in [0.1, 0.15) is 20.3 Å². The minimum absolute atomic E-state index is 0.206. The normalized spacial score (nSPS) is 11.4. The van der Waals surface area contributed by atoms with Gasteiger partial charge in [0.05, 0.1) is 11.7 Å². The Labute approximate surface area is 106 Å². The van der Waals surface area contributed by atoms with Gasteiger partial charge in [0.25, 0.3) is 0 Å². The molecule has 0 aliphatic carbocycles. The first-order valence-corrected chi connectivity index (χ1v) is 5.74. The number of para-hydroxylation sites is 1. The van der Waals surface area contributed by atoms with Crippen molar-refractivity contribution in [1.29, 1.82) is 0 Å². The fourth-order valence-electron chi connectivity index (χ4n) is 1.40. The van der Waals surface area contributed by atoms with Gasteiger partial charge in [-0.2, -0.15) is 0 Å². The topological polar surface area (TPSA) is 66.5 Å². The minimum Gasteiger partial charge on any atom is -0.328 e. The molecule has 0 aliphatic heterocycles. The van der Waals surface area contributed by atoms with Crippen LogP contribution in [-0.4, -0.2) is 24.3 Å². The number of nitrogens with zero attached hydrogens (tertiary/aromatic N) is 1. The Hall–Kier alpha value is -2.17. The van der Waals surface area contributed by atoms with Crippen LogP contribution in [0.4, 0.5) is 10.5 Å². The zero-order valence-electron chi connectivity index (χ0n) is 10.4. The van der Waals surface area contributed by atoms with Crippen LogP contribution < -0.4 is 10.2 Å². The zero-order chi connectivity index (χ0) is 13.5. The number of anilines is 1. The van der Waals surface area contributed by atoms with Crippen molar-refractivity contribution in [2.45, 2.75) is 26.3 Å². The lowest BCUT2D eigenvalue weighted by molar-refractivity contribution is -0.117. The van der Waals surface area contributed by atoms with E-state index in [1.807, 2.05) is 0 Å². The summed E-state index contributed by atoms with van der Waals surface area (Å²) in [6.45, 7) is 3.22. The van der Waals surface area contributed by atoms with Crippen LogP contribution in [0.5, 0.6) is 0 Å². The number of rotatable bonds is 4. The summed E-state index contributed by atoms with van der Waals surface area (Å²) in [7, 11) is 0. The molecule has 1 rings (SSSR count). The van der Waals surface area contributed by atoms with Gasteiger partial charge in [-0.05, 0) is 19.1 Å². The van der Waals surface area contributed by atoms with Gasteiger partial charge in [-0.15, -0.1) is 0 Å². The van der Waals surface area contributed by atoms with Crippen LogP contribution in [0.3, 0.4) is 0 Å². The molecule has 1 aromatic carbocycles. The summed E-state index contributed by atoms with van der Waals surface area (Å²) in [5.41, 5.74) is 0.486. The molecule has 1 aromatic rings. The van der Waals surface area contributed by atoms with E-state index in [9.17, 15) is 14.4 Å². The van der Waals surface area contributed by atoms with Gasteiger partial charge in [-0.1, -0.05) is 25.1 Å². The lowest BCUT2D eigenvalue weighted by atomic mass is 10.2. The molecule has 96 valence electrons. The molecule has 0 saturated carbocycles. The maximum atomic E-state index is 11.9. The van der Waals surface area contributed by atoms with Gasteiger partial charge >= 0.3 is 6.03 Å². The molecule has 0 fully saturated rings. The molecule has 0 aromatic heterocycles. The van der Waals surface area contributed by atoms with E-state index in [2.05, 4.69) is 5.32 Å². The third-order valence-electron chi connectivity index (χ3n) is 2.32. The number of carbonyl (C=O) groups is 3. The Bertz CT molecular complexity index is 431. The third-order valence-corrected chi connectivity index (χ3v) is 2.32. The van der Waals surface area contributed by atoms with Crippen LogP contribution in [0.25, 0.3) is 0 Å². The van der Waals surface area contributed by atoms with Crippen LogP contribution in [-0.2, 0) is 9.59 Å². The predicted molar refractivity (Wildman–Crippen MR) is 68.3 cm³/mol. The molecule has 0 aliphatic rings.